The Balaban J connectivity index is 1.34. The first kappa shape index (κ1) is 23.3. The topological polar surface area (TPSA) is 75.7 Å². The van der Waals surface area contributed by atoms with Gasteiger partial charge in [0.05, 0.1) is 4.47 Å². The van der Waals surface area contributed by atoms with E-state index in [9.17, 15) is 14.4 Å². The Morgan fingerprint density at radius 2 is 1.74 bits per heavy atom. The van der Waals surface area contributed by atoms with Crippen molar-refractivity contribution in [1.29, 1.82) is 0 Å². The number of carbonyl (C=O) groups is 3. The maximum Gasteiger partial charge on any atom is 0.331 e. The summed E-state index contributed by atoms with van der Waals surface area (Å²) in [5.74, 6) is -0.545. The molecule has 3 aromatic carbocycles. The van der Waals surface area contributed by atoms with Gasteiger partial charge < -0.3 is 4.74 Å². The van der Waals surface area contributed by atoms with Crippen LogP contribution in [0.3, 0.4) is 0 Å². The van der Waals surface area contributed by atoms with Gasteiger partial charge in [0.2, 0.25) is 0 Å². The van der Waals surface area contributed by atoms with E-state index in [2.05, 4.69) is 39.4 Å². The van der Waals surface area contributed by atoms with Crippen LogP contribution < -0.4 is 10.1 Å². The Kier molecular flexibility index (Phi) is 6.68. The molecule has 0 atom stereocenters. The fraction of sp³-hybridized carbons (Fsp3) is 0.250. The highest BCUT2D eigenvalue weighted by molar-refractivity contribution is 9.10. The maximum atomic E-state index is 13.1. The van der Waals surface area contributed by atoms with Crippen molar-refractivity contribution in [1.82, 2.24) is 10.2 Å². The fourth-order valence-corrected chi connectivity index (χ4v) is 5.32. The number of fused-ring (bicyclic) bond motifs is 1. The Morgan fingerprint density at radius 1 is 0.971 bits per heavy atom. The zero-order valence-corrected chi connectivity index (χ0v) is 20.7. The highest BCUT2D eigenvalue weighted by Gasteiger charge is 2.40. The van der Waals surface area contributed by atoms with Gasteiger partial charge in [0, 0.05) is 6.04 Å². The standard InChI is InChI=1S/C28H25BrN2O4/c29-24-16-18(13-14-25(24)35-17-20-9-6-8-19-7-4-5-12-22(19)20)15-23-26(32)30-28(34)31(27(23)33)21-10-2-1-3-11-21/h4-9,12-16,21H,1-3,10-11,17H2,(H,30,32,34). The third kappa shape index (κ3) is 4.86. The van der Waals surface area contributed by atoms with Crippen LogP contribution in [0.4, 0.5) is 4.79 Å². The van der Waals surface area contributed by atoms with Crippen LogP contribution in [0.2, 0.25) is 0 Å². The maximum absolute atomic E-state index is 13.1. The Morgan fingerprint density at radius 3 is 2.54 bits per heavy atom. The van der Waals surface area contributed by atoms with E-state index in [0.29, 0.717) is 22.4 Å². The fourth-order valence-electron chi connectivity index (χ4n) is 4.81. The van der Waals surface area contributed by atoms with Crippen LogP contribution in [0.25, 0.3) is 16.8 Å². The number of ether oxygens (including phenoxy) is 1. The molecule has 0 aromatic heterocycles. The van der Waals surface area contributed by atoms with Crippen LogP contribution in [-0.2, 0) is 16.2 Å². The number of hydrogen-bond donors (Lipinski definition) is 1. The third-order valence-electron chi connectivity index (χ3n) is 6.60. The molecule has 1 heterocycles. The minimum Gasteiger partial charge on any atom is -0.488 e. The quantitative estimate of drug-likeness (QED) is 0.324. The number of barbiturate groups is 1. The number of nitrogens with zero attached hydrogens (tertiary/aromatic N) is 1. The van der Waals surface area contributed by atoms with Crippen LogP contribution >= 0.6 is 15.9 Å². The van der Waals surface area contributed by atoms with E-state index in [4.69, 9.17) is 4.74 Å². The van der Waals surface area contributed by atoms with E-state index in [-0.39, 0.29) is 11.6 Å². The van der Waals surface area contributed by atoms with E-state index < -0.39 is 17.8 Å². The first-order chi connectivity index (χ1) is 17.0. The summed E-state index contributed by atoms with van der Waals surface area (Å²) in [7, 11) is 0. The average Bonchev–Trinajstić information content (AvgIpc) is 2.86. The summed E-state index contributed by atoms with van der Waals surface area (Å²) in [6.45, 7) is 0.403. The number of amides is 4. The molecule has 7 heteroatoms. The van der Waals surface area contributed by atoms with Gasteiger partial charge in [-0.25, -0.2) is 4.79 Å². The molecule has 3 aromatic rings. The van der Waals surface area contributed by atoms with E-state index in [1.165, 1.54) is 11.0 Å². The van der Waals surface area contributed by atoms with Gasteiger partial charge in [-0.3, -0.25) is 19.8 Å². The van der Waals surface area contributed by atoms with Crippen molar-refractivity contribution in [3.63, 3.8) is 0 Å². The van der Waals surface area contributed by atoms with Gasteiger partial charge in [0.1, 0.15) is 17.9 Å². The molecule has 1 saturated heterocycles. The largest absolute Gasteiger partial charge is 0.488 e. The Hall–Kier alpha value is -3.45. The molecule has 4 amide bonds. The number of hydrogen-bond acceptors (Lipinski definition) is 4. The summed E-state index contributed by atoms with van der Waals surface area (Å²) >= 11 is 3.55. The molecule has 0 bridgehead atoms. The average molecular weight is 533 g/mol. The molecule has 1 aliphatic heterocycles. The molecule has 2 aliphatic rings. The van der Waals surface area contributed by atoms with Crippen LogP contribution in [0.15, 0.2) is 70.7 Å². The van der Waals surface area contributed by atoms with Crippen molar-refractivity contribution in [3.05, 3.63) is 81.8 Å². The first-order valence-electron chi connectivity index (χ1n) is 11.8. The van der Waals surface area contributed by atoms with Gasteiger partial charge in [-0.2, -0.15) is 0 Å². The minimum atomic E-state index is -0.667. The lowest BCUT2D eigenvalue weighted by Crippen LogP contribution is -2.58. The molecule has 0 unspecified atom stereocenters. The second-order valence-electron chi connectivity index (χ2n) is 8.90. The van der Waals surface area contributed by atoms with Crippen molar-refractivity contribution >= 4 is 50.6 Å². The van der Waals surface area contributed by atoms with Gasteiger partial charge >= 0.3 is 6.03 Å². The van der Waals surface area contributed by atoms with E-state index in [1.807, 2.05) is 24.3 Å². The second kappa shape index (κ2) is 10.0. The van der Waals surface area contributed by atoms with Gasteiger partial charge in [0.25, 0.3) is 11.8 Å². The molecule has 178 valence electrons. The molecule has 2 fully saturated rings. The van der Waals surface area contributed by atoms with Gasteiger partial charge in [-0.05, 0) is 68.9 Å². The van der Waals surface area contributed by atoms with Crippen LogP contribution in [0.1, 0.15) is 43.2 Å². The smallest absolute Gasteiger partial charge is 0.331 e. The number of rotatable bonds is 5. The van der Waals surface area contributed by atoms with Crippen molar-refractivity contribution in [3.8, 4) is 5.75 Å². The highest BCUT2D eigenvalue weighted by atomic mass is 79.9. The Bertz CT molecular complexity index is 1340. The van der Waals surface area contributed by atoms with Crippen LogP contribution in [0, 0.1) is 0 Å². The molecule has 1 aliphatic carbocycles. The second-order valence-corrected chi connectivity index (χ2v) is 9.76. The first-order valence-corrected chi connectivity index (χ1v) is 12.6. The zero-order valence-electron chi connectivity index (χ0n) is 19.1. The monoisotopic (exact) mass is 532 g/mol. The number of benzene rings is 3. The number of nitrogens with one attached hydrogen (secondary N) is 1. The lowest BCUT2D eigenvalue weighted by Gasteiger charge is -2.35. The van der Waals surface area contributed by atoms with Crippen molar-refractivity contribution in [2.45, 2.75) is 44.8 Å². The summed E-state index contributed by atoms with van der Waals surface area (Å²) in [4.78, 5) is 39.2. The number of imide groups is 2. The van der Waals surface area contributed by atoms with Crippen molar-refractivity contribution < 1.29 is 19.1 Å². The van der Waals surface area contributed by atoms with Gasteiger partial charge in [0.15, 0.2) is 0 Å². The zero-order chi connectivity index (χ0) is 24.4. The van der Waals surface area contributed by atoms with E-state index in [0.717, 1.165) is 48.4 Å². The normalized spacial score (nSPS) is 18.3. The summed E-state index contributed by atoms with van der Waals surface area (Å²) in [6, 6.07) is 18.9. The predicted octanol–water partition coefficient (Wildman–Crippen LogP) is 5.98. The van der Waals surface area contributed by atoms with Crippen LogP contribution in [-0.4, -0.2) is 28.8 Å². The summed E-state index contributed by atoms with van der Waals surface area (Å²) in [5.41, 5.74) is 1.70. The third-order valence-corrected chi connectivity index (χ3v) is 7.22. The molecule has 0 spiro atoms. The number of urea groups is 1. The molecule has 0 radical (unpaired) electrons. The Labute approximate surface area is 212 Å². The van der Waals surface area contributed by atoms with Crippen molar-refractivity contribution in [2.75, 3.05) is 0 Å². The summed E-state index contributed by atoms with van der Waals surface area (Å²) in [6.07, 6.45) is 6.12. The molecule has 35 heavy (non-hydrogen) atoms. The lowest BCUT2D eigenvalue weighted by atomic mass is 9.93. The van der Waals surface area contributed by atoms with Gasteiger partial charge in [-0.1, -0.05) is 67.8 Å². The van der Waals surface area contributed by atoms with Gasteiger partial charge in [-0.15, -0.1) is 0 Å². The van der Waals surface area contributed by atoms with Crippen molar-refractivity contribution in [2.24, 2.45) is 0 Å². The number of halogens is 1. The molecular formula is C28H25BrN2O4. The molecular weight excluding hydrogens is 508 g/mol. The summed E-state index contributed by atoms with van der Waals surface area (Å²) < 4.78 is 6.77. The van der Waals surface area contributed by atoms with Crippen LogP contribution in [0.5, 0.6) is 5.75 Å². The molecule has 1 N–H and O–H groups in total. The molecule has 1 saturated carbocycles. The lowest BCUT2D eigenvalue weighted by molar-refractivity contribution is -0.132. The minimum absolute atomic E-state index is 0.0357. The van der Waals surface area contributed by atoms with E-state index >= 15 is 0 Å². The predicted molar refractivity (Wildman–Crippen MR) is 138 cm³/mol. The highest BCUT2D eigenvalue weighted by Crippen LogP contribution is 2.30. The molecule has 6 nitrogen and oxygen atoms in total. The summed E-state index contributed by atoms with van der Waals surface area (Å²) in [5, 5.41) is 4.63. The number of carbonyl (C=O) groups excluding carboxylic acids is 3. The molecule has 5 rings (SSSR count). The van der Waals surface area contributed by atoms with E-state index in [1.54, 1.807) is 18.2 Å². The SMILES string of the molecule is O=C1NC(=O)N(C2CCCCC2)C(=O)C1=Cc1ccc(OCc2cccc3ccccc23)c(Br)c1.